The summed E-state index contributed by atoms with van der Waals surface area (Å²) in [5.41, 5.74) is 8.63. The highest BCUT2D eigenvalue weighted by atomic mass is 19.4. The van der Waals surface area contributed by atoms with Crippen molar-refractivity contribution < 1.29 is 22.8 Å². The van der Waals surface area contributed by atoms with Gasteiger partial charge in [-0.2, -0.15) is 18.4 Å². The van der Waals surface area contributed by atoms with Crippen LogP contribution in [0, 0.1) is 30.1 Å². The van der Waals surface area contributed by atoms with Crippen LogP contribution in [0.5, 0.6) is 0 Å². The van der Waals surface area contributed by atoms with Crippen molar-refractivity contribution in [3.05, 3.63) is 47.9 Å². The lowest BCUT2D eigenvalue weighted by molar-refractivity contribution is -0.133. The van der Waals surface area contributed by atoms with Crippen LogP contribution in [0.25, 0.3) is 21.9 Å². The van der Waals surface area contributed by atoms with Gasteiger partial charge in [0.05, 0.1) is 24.3 Å². The monoisotopic (exact) mass is 467 g/mol. The molecule has 174 valence electrons. The van der Waals surface area contributed by atoms with Gasteiger partial charge < -0.3 is 11.1 Å². The number of nitrogens with one attached hydrogen (secondary N) is 1. The van der Waals surface area contributed by atoms with Crippen LogP contribution in [0.15, 0.2) is 36.7 Å². The third-order valence-corrected chi connectivity index (χ3v) is 5.76. The lowest BCUT2D eigenvalue weighted by atomic mass is 9.97. The zero-order valence-corrected chi connectivity index (χ0v) is 18.1. The van der Waals surface area contributed by atoms with Crippen LogP contribution in [-0.2, 0) is 4.79 Å². The van der Waals surface area contributed by atoms with Gasteiger partial charge in [-0.05, 0) is 54.1 Å². The van der Waals surface area contributed by atoms with Crippen molar-refractivity contribution in [3.8, 4) is 17.2 Å². The molecular formula is C24H20F3N5O2. The number of amides is 1. The molecule has 7 nitrogen and oxygen atoms in total. The lowest BCUT2D eigenvalue weighted by Crippen LogP contribution is -2.15. The van der Waals surface area contributed by atoms with Crippen molar-refractivity contribution in [2.45, 2.75) is 32.4 Å². The fourth-order valence-electron chi connectivity index (χ4n) is 3.75. The quantitative estimate of drug-likeness (QED) is 0.396. The molecular weight excluding hydrogens is 447 g/mol. The predicted octanol–water partition coefficient (Wildman–Crippen LogP) is 4.81. The molecule has 0 bridgehead atoms. The molecule has 1 fully saturated rings. The minimum absolute atomic E-state index is 0.0239. The molecule has 0 saturated heterocycles. The lowest BCUT2D eigenvalue weighted by Gasteiger charge is -2.12. The first-order valence-corrected chi connectivity index (χ1v) is 10.5. The molecule has 10 heteroatoms. The van der Waals surface area contributed by atoms with E-state index < -0.39 is 24.8 Å². The Morgan fingerprint density at radius 3 is 2.62 bits per heavy atom. The highest BCUT2D eigenvalue weighted by Crippen LogP contribution is 2.38. The first kappa shape index (κ1) is 23.2. The topological polar surface area (TPSA) is 122 Å². The van der Waals surface area contributed by atoms with Gasteiger partial charge in [0, 0.05) is 35.5 Å². The molecule has 34 heavy (non-hydrogen) atoms. The maximum atomic E-state index is 12.4. The van der Waals surface area contributed by atoms with Crippen LogP contribution in [0.1, 0.15) is 35.3 Å². The van der Waals surface area contributed by atoms with Crippen LogP contribution < -0.4 is 11.1 Å². The fourth-order valence-corrected chi connectivity index (χ4v) is 3.75. The summed E-state index contributed by atoms with van der Waals surface area (Å²) in [5, 5.41) is 13.0. The summed E-state index contributed by atoms with van der Waals surface area (Å²) in [6.07, 6.45) is -2.73. The van der Waals surface area contributed by atoms with Crippen LogP contribution >= 0.6 is 0 Å². The number of aromatic nitrogens is 2. The van der Waals surface area contributed by atoms with E-state index in [-0.39, 0.29) is 23.4 Å². The van der Waals surface area contributed by atoms with Gasteiger partial charge in [-0.1, -0.05) is 0 Å². The summed E-state index contributed by atoms with van der Waals surface area (Å²) in [6.45, 7) is 1.73. The van der Waals surface area contributed by atoms with Crippen LogP contribution in [0.4, 0.5) is 24.7 Å². The number of alkyl halides is 3. The average molecular weight is 467 g/mol. The number of aryl methyl sites for hydroxylation is 1. The molecule has 0 radical (unpaired) electrons. The van der Waals surface area contributed by atoms with E-state index >= 15 is 0 Å². The number of halogens is 3. The number of nitrogen functional groups attached to an aromatic ring is 1. The van der Waals surface area contributed by atoms with Gasteiger partial charge in [-0.3, -0.25) is 14.6 Å². The smallest absolute Gasteiger partial charge is 0.389 e. The highest BCUT2D eigenvalue weighted by molar-refractivity contribution is 6.00. The zero-order valence-electron chi connectivity index (χ0n) is 18.1. The summed E-state index contributed by atoms with van der Waals surface area (Å²) in [4.78, 5) is 32.6. The third kappa shape index (κ3) is 4.98. The van der Waals surface area contributed by atoms with Crippen molar-refractivity contribution >= 4 is 34.0 Å². The van der Waals surface area contributed by atoms with Crippen LogP contribution in [-0.4, -0.2) is 27.8 Å². The minimum Gasteiger partial charge on any atom is -0.398 e. The standard InChI is InChI=1S/C24H20F3N5O2/c1-12-4-20(21(33)2-3-24(25,26)27)30-10-17(12)13-5-14-8-22(31-11-18(14)19(29)7-13)32-23(34)16-6-15(16)9-28/h4-5,7-8,10-11,15-16H,2-3,6,29H2,1H3,(H,31,32,34)/t15-,16+/m0/s1. The second-order valence-corrected chi connectivity index (χ2v) is 8.35. The Hall–Kier alpha value is -4.00. The summed E-state index contributed by atoms with van der Waals surface area (Å²) in [5.74, 6) is -1.19. The molecule has 0 unspecified atom stereocenters. The SMILES string of the molecule is Cc1cc(C(=O)CCC(F)(F)F)ncc1-c1cc(N)c2cnc(NC(=O)[C@@H]3C[C@H]3C#N)cc2c1. The maximum Gasteiger partial charge on any atom is 0.389 e. The van der Waals surface area contributed by atoms with Gasteiger partial charge in [-0.15, -0.1) is 0 Å². The van der Waals surface area contributed by atoms with Crippen molar-refractivity contribution in [2.75, 3.05) is 11.1 Å². The Balaban J connectivity index is 1.59. The molecule has 4 rings (SSSR count). The molecule has 2 atom stereocenters. The van der Waals surface area contributed by atoms with E-state index in [4.69, 9.17) is 11.0 Å². The van der Waals surface area contributed by atoms with E-state index in [1.165, 1.54) is 12.3 Å². The number of carbonyl (C=O) groups is 2. The molecule has 3 aromatic rings. The van der Waals surface area contributed by atoms with Gasteiger partial charge in [-0.25, -0.2) is 4.98 Å². The predicted molar refractivity (Wildman–Crippen MR) is 120 cm³/mol. The Morgan fingerprint density at radius 1 is 1.21 bits per heavy atom. The summed E-state index contributed by atoms with van der Waals surface area (Å²) in [6, 6.07) is 8.76. The Morgan fingerprint density at radius 2 is 1.97 bits per heavy atom. The van der Waals surface area contributed by atoms with E-state index in [1.54, 1.807) is 25.3 Å². The Bertz CT molecular complexity index is 1350. The van der Waals surface area contributed by atoms with Gasteiger partial charge in [0.2, 0.25) is 5.91 Å². The summed E-state index contributed by atoms with van der Waals surface area (Å²) in [7, 11) is 0. The number of nitrogens with zero attached hydrogens (tertiary/aromatic N) is 3. The number of nitrogens with two attached hydrogens (primary N) is 1. The van der Waals surface area contributed by atoms with E-state index in [1.807, 2.05) is 6.07 Å². The Kier molecular flexibility index (Phi) is 5.96. The number of carbonyl (C=O) groups excluding carboxylic acids is 2. The second-order valence-electron chi connectivity index (χ2n) is 8.35. The normalized spacial score (nSPS) is 17.3. The largest absolute Gasteiger partial charge is 0.398 e. The average Bonchev–Trinajstić information content (AvgIpc) is 3.57. The number of pyridine rings is 2. The van der Waals surface area contributed by atoms with Crippen molar-refractivity contribution in [1.82, 2.24) is 9.97 Å². The van der Waals surface area contributed by atoms with E-state index in [9.17, 15) is 22.8 Å². The van der Waals surface area contributed by atoms with E-state index in [0.717, 1.165) is 0 Å². The fraction of sp³-hybridized carbons (Fsp3) is 0.292. The summed E-state index contributed by atoms with van der Waals surface area (Å²) >= 11 is 0. The van der Waals surface area contributed by atoms with E-state index in [2.05, 4.69) is 21.4 Å². The number of anilines is 2. The number of Topliss-reactive ketones (excluding diaryl/α,β-unsaturated/α-hetero) is 1. The molecule has 1 saturated carbocycles. The highest BCUT2D eigenvalue weighted by Gasteiger charge is 2.43. The number of benzene rings is 1. The van der Waals surface area contributed by atoms with E-state index in [0.29, 0.717) is 45.4 Å². The number of hydrogen-bond acceptors (Lipinski definition) is 6. The first-order chi connectivity index (χ1) is 16.1. The molecule has 0 aliphatic heterocycles. The molecule has 2 aromatic heterocycles. The van der Waals surface area contributed by atoms with Gasteiger partial charge in [0.25, 0.3) is 0 Å². The van der Waals surface area contributed by atoms with Crippen molar-refractivity contribution in [3.63, 3.8) is 0 Å². The first-order valence-electron chi connectivity index (χ1n) is 10.5. The summed E-state index contributed by atoms with van der Waals surface area (Å²) < 4.78 is 37.2. The third-order valence-electron chi connectivity index (χ3n) is 5.76. The second kappa shape index (κ2) is 8.74. The number of rotatable bonds is 6. The number of hydrogen-bond donors (Lipinski definition) is 2. The molecule has 3 N–H and O–H groups in total. The molecule has 1 aliphatic carbocycles. The van der Waals surface area contributed by atoms with Crippen LogP contribution in [0.2, 0.25) is 0 Å². The number of nitriles is 1. The number of ketones is 1. The molecule has 2 heterocycles. The molecule has 1 aromatic carbocycles. The van der Waals surface area contributed by atoms with Crippen molar-refractivity contribution in [2.24, 2.45) is 11.8 Å². The molecule has 0 spiro atoms. The molecule has 1 aliphatic rings. The maximum absolute atomic E-state index is 12.4. The molecule has 1 amide bonds. The number of fused-ring (bicyclic) bond motifs is 1. The Labute approximate surface area is 192 Å². The minimum atomic E-state index is -4.41. The van der Waals surface area contributed by atoms with Crippen molar-refractivity contribution in [1.29, 1.82) is 5.26 Å². The van der Waals surface area contributed by atoms with Gasteiger partial charge in [0.1, 0.15) is 11.5 Å². The van der Waals surface area contributed by atoms with Crippen LogP contribution in [0.3, 0.4) is 0 Å². The van der Waals surface area contributed by atoms with Gasteiger partial charge >= 0.3 is 6.18 Å². The zero-order chi connectivity index (χ0) is 24.6. The van der Waals surface area contributed by atoms with Gasteiger partial charge in [0.15, 0.2) is 5.78 Å².